The molecule has 742 valence electrons. The van der Waals surface area contributed by atoms with Crippen LogP contribution in [-0.4, -0.2) is 95.9 Å². The van der Waals surface area contributed by atoms with E-state index in [4.69, 9.17) is 32.3 Å². The molecule has 0 rings (SSSR count). The number of phosphoric ester groups is 2. The number of unbranched alkanes of at least 4 members (excludes halogenated alkanes) is 48. The number of esters is 3. The number of aliphatic hydroxyl groups is 2. The van der Waals surface area contributed by atoms with Gasteiger partial charge in [-0.3, -0.25) is 32.5 Å². The van der Waals surface area contributed by atoms with E-state index in [1.165, 1.54) is 244 Å². The first-order valence-electron chi connectivity index (χ1n) is 52.4. The molecule has 0 fully saturated rings. The van der Waals surface area contributed by atoms with Gasteiger partial charge in [0.2, 0.25) is 0 Å². The maximum atomic E-state index is 13.1. The smallest absolute Gasteiger partial charge is 0.463 e. The van der Waals surface area contributed by atoms with E-state index in [1.54, 1.807) is 0 Å². The van der Waals surface area contributed by atoms with Crippen molar-refractivity contribution in [2.24, 2.45) is 0 Å². The summed E-state index contributed by atoms with van der Waals surface area (Å²) in [4.78, 5) is 59.3. The summed E-state index contributed by atoms with van der Waals surface area (Å²) < 4.78 is 61.8. The zero-order valence-corrected chi connectivity index (χ0v) is 84.1. The lowest BCUT2D eigenvalue weighted by Gasteiger charge is -2.21. The molecule has 0 saturated heterocycles. The first-order chi connectivity index (χ1) is 63.2. The van der Waals surface area contributed by atoms with Gasteiger partial charge in [-0.15, -0.1) is 0 Å². The second-order valence-electron chi connectivity index (χ2n) is 34.9. The predicted molar refractivity (Wildman–Crippen MR) is 546 cm³/mol. The molecule has 0 aliphatic heterocycles. The van der Waals surface area contributed by atoms with Crippen molar-refractivity contribution >= 4 is 33.6 Å². The Morgan fingerprint density at radius 1 is 0.225 bits per heavy atom. The Balaban J connectivity index is 4.60. The highest BCUT2D eigenvalue weighted by Crippen LogP contribution is 2.45. The summed E-state index contributed by atoms with van der Waals surface area (Å²) in [6.07, 6.45) is 134. The summed E-state index contributed by atoms with van der Waals surface area (Å²) in [5.41, 5.74) is 0. The summed E-state index contributed by atoms with van der Waals surface area (Å²) >= 11 is 0. The predicted octanol–water partition coefficient (Wildman–Crippen LogP) is 33.3. The van der Waals surface area contributed by atoms with Crippen LogP contribution in [0.15, 0.2) is 170 Å². The van der Waals surface area contributed by atoms with Crippen LogP contribution in [0.5, 0.6) is 0 Å². The van der Waals surface area contributed by atoms with Crippen molar-refractivity contribution in [3.05, 3.63) is 170 Å². The number of carbonyl (C=O) groups is 3. The maximum absolute atomic E-state index is 13.1. The number of rotatable bonds is 99. The van der Waals surface area contributed by atoms with Crippen LogP contribution in [0.2, 0.25) is 0 Å². The highest BCUT2D eigenvalue weighted by molar-refractivity contribution is 7.47. The normalized spacial score (nSPS) is 14.3. The number of ether oxygens (including phenoxy) is 3. The van der Waals surface area contributed by atoms with Crippen molar-refractivity contribution in [1.29, 1.82) is 0 Å². The molecule has 0 aromatic carbocycles. The fraction of sp³-hybridized carbons (Fsp3) is 0.721. The Morgan fingerprint density at radius 3 is 0.651 bits per heavy atom. The van der Waals surface area contributed by atoms with E-state index in [1.807, 2.05) is 0 Å². The molecule has 5 unspecified atom stereocenters. The van der Waals surface area contributed by atoms with Crippen LogP contribution in [-0.2, 0) is 55.8 Å². The lowest BCUT2D eigenvalue weighted by atomic mass is 10.0. The summed E-state index contributed by atoms with van der Waals surface area (Å²) in [6, 6.07) is 0. The Morgan fingerprint density at radius 2 is 0.411 bits per heavy atom. The van der Waals surface area contributed by atoms with Crippen LogP contribution in [0.25, 0.3) is 0 Å². The molecule has 5 atom stereocenters. The summed E-state index contributed by atoms with van der Waals surface area (Å²) in [5, 5.41) is 20.8. The fourth-order valence-electron chi connectivity index (χ4n) is 14.6. The van der Waals surface area contributed by atoms with Gasteiger partial charge in [0.05, 0.1) is 26.4 Å². The Bertz CT molecular complexity index is 3030. The Hall–Kier alpha value is -5.09. The molecule has 0 aromatic rings. The summed E-state index contributed by atoms with van der Waals surface area (Å²) in [6.45, 7) is 2.51. The minimum atomic E-state index is -4.95. The van der Waals surface area contributed by atoms with E-state index in [0.29, 0.717) is 19.3 Å². The van der Waals surface area contributed by atoms with Gasteiger partial charge in [-0.1, -0.05) is 454 Å². The highest BCUT2D eigenvalue weighted by Gasteiger charge is 2.30. The molecule has 0 amide bonds. The van der Waals surface area contributed by atoms with Gasteiger partial charge in [0.15, 0.2) is 6.10 Å². The largest absolute Gasteiger partial charge is 0.472 e. The van der Waals surface area contributed by atoms with Crippen LogP contribution in [0.3, 0.4) is 0 Å². The molecule has 0 spiro atoms. The summed E-state index contributed by atoms with van der Waals surface area (Å²) in [7, 11) is -9.82. The molecule has 0 aliphatic carbocycles. The lowest BCUT2D eigenvalue weighted by Crippen LogP contribution is -2.30. The summed E-state index contributed by atoms with van der Waals surface area (Å²) in [5.74, 6) is -1.56. The van der Waals surface area contributed by atoms with Crippen LogP contribution < -0.4 is 0 Å². The van der Waals surface area contributed by atoms with E-state index in [9.17, 15) is 43.5 Å². The fourth-order valence-corrected chi connectivity index (χ4v) is 16.1. The van der Waals surface area contributed by atoms with Crippen LogP contribution >= 0.6 is 15.6 Å². The molecule has 16 nitrogen and oxygen atoms in total. The number of carbonyl (C=O) groups excluding carboxylic acids is 3. The minimum absolute atomic E-state index is 0.101. The quantitative estimate of drug-likeness (QED) is 0.0146. The lowest BCUT2D eigenvalue weighted by molar-refractivity contribution is -0.161. The van der Waals surface area contributed by atoms with Gasteiger partial charge in [-0.2, -0.15) is 0 Å². The molecule has 0 radical (unpaired) electrons. The Kier molecular flexibility index (Phi) is 97.8. The van der Waals surface area contributed by atoms with Gasteiger partial charge in [-0.25, -0.2) is 9.13 Å². The van der Waals surface area contributed by atoms with E-state index in [-0.39, 0.29) is 19.3 Å². The maximum Gasteiger partial charge on any atom is 0.472 e. The molecular formula is C111H192O16P2. The van der Waals surface area contributed by atoms with Gasteiger partial charge < -0.3 is 34.2 Å². The molecule has 4 N–H and O–H groups in total. The van der Waals surface area contributed by atoms with Crippen molar-refractivity contribution in [1.82, 2.24) is 0 Å². The van der Waals surface area contributed by atoms with Gasteiger partial charge in [-0.05, 0) is 154 Å². The van der Waals surface area contributed by atoms with Crippen LogP contribution in [0.4, 0.5) is 0 Å². The number of hydrogen-bond donors (Lipinski definition) is 4. The van der Waals surface area contributed by atoms with Crippen molar-refractivity contribution in [2.75, 3.05) is 39.6 Å². The highest BCUT2D eigenvalue weighted by atomic mass is 31.2. The van der Waals surface area contributed by atoms with E-state index >= 15 is 0 Å². The molecule has 18 heteroatoms. The third-order valence-electron chi connectivity index (χ3n) is 22.4. The van der Waals surface area contributed by atoms with Gasteiger partial charge in [0.25, 0.3) is 0 Å². The first kappa shape index (κ1) is 124. The topological polar surface area (TPSA) is 231 Å². The van der Waals surface area contributed by atoms with Gasteiger partial charge >= 0.3 is 33.6 Å². The average molecular weight is 1840 g/mol. The SMILES string of the molecule is CC/C=C\C/C=C\C/C=C\C/C=C\C/C=C\CCCCCCCCCCCCCCCCCCCC(=O)OCC(O)COP(=O)(O)OCC(O)COP(=O)(O)OCC(COC(=O)CCCCCCCCCCCCCCCCC/C=C\C/C=C\C/C=C\C/C=C\CCCCC)OC(=O)CCCCCCCCCCCCCCC/C=C\C/C=C\C/C=C\C/C=C\C/C=C\CC. The van der Waals surface area contributed by atoms with Crippen molar-refractivity contribution in [3.63, 3.8) is 0 Å². The molecule has 0 bridgehead atoms. The molecule has 0 heterocycles. The monoisotopic (exact) mass is 1840 g/mol. The molecule has 0 aromatic heterocycles. The minimum Gasteiger partial charge on any atom is -0.463 e. The van der Waals surface area contributed by atoms with E-state index in [0.717, 1.165) is 154 Å². The van der Waals surface area contributed by atoms with E-state index in [2.05, 4.69) is 191 Å². The standard InChI is InChI=1S/C111H192O16P2/c1-4-7-10-13-16-19-22-25-28-31-34-37-40-43-46-49-51-52-54-57-58-61-64-67-70-73-76-79-82-85-88-91-94-97-109(114)121-100-106(112)101-123-128(117,118)124-102-107(113)103-125-129(119,120)126-105-108(127-111(116)99-96-93-90-87-84-81-78-75-72-69-66-63-60-55-48-45-42-39-36-33-30-27-24-21-18-15-12-9-6-3)104-122-110(115)98-95-92-89-86-83-80-77-74-71-68-65-62-59-56-53-50-47-44-41-38-35-32-29-26-23-20-17-14-11-8-5-2/h7,9-10,12,16-21,25-30,34-39,43-48,106-108,112-113H,4-6,8,11,13-15,22-24,31-33,40-42,49-105H2,1-3H3,(H,117,118)(H,119,120)/b10-7-,12-9-,19-16-,20-17-,21-18-,28-25-,29-26-,30-27-,37-34-,38-35-,39-36-,46-43-,47-44-,48-45-. The van der Waals surface area contributed by atoms with Crippen LogP contribution in [0, 0.1) is 0 Å². The van der Waals surface area contributed by atoms with Crippen molar-refractivity contribution < 1.29 is 75.8 Å². The van der Waals surface area contributed by atoms with Gasteiger partial charge in [0.1, 0.15) is 25.4 Å². The first-order valence-corrected chi connectivity index (χ1v) is 55.4. The molecule has 0 saturated carbocycles. The molecule has 129 heavy (non-hydrogen) atoms. The third kappa shape index (κ3) is 103. The zero-order valence-electron chi connectivity index (χ0n) is 82.3. The van der Waals surface area contributed by atoms with Crippen LogP contribution in [0.1, 0.15) is 457 Å². The molecular weight excluding hydrogens is 1650 g/mol. The van der Waals surface area contributed by atoms with Gasteiger partial charge in [0, 0.05) is 19.3 Å². The second kappa shape index (κ2) is 102. The number of allylic oxidation sites excluding steroid dienone is 28. The second-order valence-corrected chi connectivity index (χ2v) is 37.8. The number of aliphatic hydroxyl groups excluding tert-OH is 2. The molecule has 0 aliphatic rings. The van der Waals surface area contributed by atoms with Crippen molar-refractivity contribution in [3.8, 4) is 0 Å². The number of hydrogen-bond acceptors (Lipinski definition) is 14. The third-order valence-corrected chi connectivity index (χ3v) is 24.3. The van der Waals surface area contributed by atoms with E-state index < -0.39 is 91.5 Å². The average Bonchev–Trinajstić information content (AvgIpc) is 0.898. The number of phosphoric acid groups is 2. The zero-order chi connectivity index (χ0) is 93.5. The van der Waals surface area contributed by atoms with Crippen molar-refractivity contribution in [2.45, 2.75) is 476 Å². The Labute approximate surface area is 790 Å².